The molecule has 3 N–H and O–H groups in total. The minimum absolute atomic E-state index is 0. The van der Waals surface area contributed by atoms with Gasteiger partial charge in [-0.2, -0.15) is 0 Å². The van der Waals surface area contributed by atoms with E-state index in [4.69, 9.17) is 0 Å². The molecule has 74 valence electrons. The number of benzene rings is 2. The predicted molar refractivity (Wildman–Crippen MR) is 55.3 cm³/mol. The zero-order chi connectivity index (χ0) is 9.26. The van der Waals surface area contributed by atoms with Gasteiger partial charge in [0.1, 0.15) is 6.04 Å². The van der Waals surface area contributed by atoms with Crippen molar-refractivity contribution >= 4 is 10.8 Å². The van der Waals surface area contributed by atoms with E-state index in [0.717, 1.165) is 0 Å². The Balaban J connectivity index is 0.000000980. The van der Waals surface area contributed by atoms with Crippen molar-refractivity contribution in [2.75, 3.05) is 0 Å². The van der Waals surface area contributed by atoms with Crippen LogP contribution in [0.3, 0.4) is 0 Å². The average Bonchev–Trinajstić information content (AvgIpc) is 2.17. The van der Waals surface area contributed by atoms with E-state index in [1.807, 2.05) is 0 Å². The summed E-state index contributed by atoms with van der Waals surface area (Å²) >= 11 is 0. The van der Waals surface area contributed by atoms with Crippen molar-refractivity contribution in [3.8, 4) is 0 Å². The first kappa shape index (κ1) is 11.5. The second-order valence-corrected chi connectivity index (χ2v) is 3.47. The quantitative estimate of drug-likeness (QED) is 0.664. The highest BCUT2D eigenvalue weighted by Crippen LogP contribution is 2.21. The summed E-state index contributed by atoms with van der Waals surface area (Å²) in [5.41, 5.74) is 5.39. The van der Waals surface area contributed by atoms with Crippen molar-refractivity contribution in [2.24, 2.45) is 0 Å². The topological polar surface area (TPSA) is 27.6 Å². The molecule has 0 heterocycles. The van der Waals surface area contributed by atoms with Crippen LogP contribution in [0.1, 0.15) is 18.5 Å². The number of hydrogen-bond donors (Lipinski definition) is 1. The minimum Gasteiger partial charge on any atom is -1.00 e. The first-order chi connectivity index (χ1) is 6.29. The van der Waals surface area contributed by atoms with E-state index in [9.17, 15) is 0 Å². The monoisotopic (exact) mass is 299 g/mol. The number of halogens is 1. The van der Waals surface area contributed by atoms with Gasteiger partial charge in [0.05, 0.1) is 0 Å². The molecule has 14 heavy (non-hydrogen) atoms. The summed E-state index contributed by atoms with van der Waals surface area (Å²) in [4.78, 5) is 0. The van der Waals surface area contributed by atoms with Crippen LogP contribution in [0.25, 0.3) is 10.8 Å². The molecule has 0 aliphatic rings. The molecule has 0 fully saturated rings. The molecule has 1 nitrogen and oxygen atoms in total. The van der Waals surface area contributed by atoms with E-state index in [-0.39, 0.29) is 24.0 Å². The molecule has 0 aliphatic heterocycles. The highest BCUT2D eigenvalue weighted by atomic mass is 127. The van der Waals surface area contributed by atoms with E-state index >= 15 is 0 Å². The van der Waals surface area contributed by atoms with Gasteiger partial charge in [0.2, 0.25) is 0 Å². The zero-order valence-electron chi connectivity index (χ0n) is 8.20. The van der Waals surface area contributed by atoms with Crippen LogP contribution in [0.2, 0.25) is 0 Å². The molecule has 0 aromatic heterocycles. The highest BCUT2D eigenvalue weighted by Gasteiger charge is 2.05. The minimum atomic E-state index is 0. The Bertz CT molecular complexity index is 418. The zero-order valence-corrected chi connectivity index (χ0v) is 10.4. The van der Waals surface area contributed by atoms with Crippen LogP contribution in [0, 0.1) is 0 Å². The summed E-state index contributed by atoms with van der Waals surface area (Å²) in [5.74, 6) is 0. The summed E-state index contributed by atoms with van der Waals surface area (Å²) in [7, 11) is 0. The Kier molecular flexibility index (Phi) is 3.89. The third-order valence-electron chi connectivity index (χ3n) is 2.35. The van der Waals surface area contributed by atoms with Crippen molar-refractivity contribution in [3.05, 3.63) is 48.0 Å². The van der Waals surface area contributed by atoms with Crippen molar-refractivity contribution in [3.63, 3.8) is 0 Å². The highest BCUT2D eigenvalue weighted by molar-refractivity contribution is 5.85. The van der Waals surface area contributed by atoms with E-state index < -0.39 is 0 Å². The van der Waals surface area contributed by atoms with Crippen LogP contribution in [-0.2, 0) is 0 Å². The Morgan fingerprint density at radius 1 is 1.00 bits per heavy atom. The molecular weight excluding hydrogens is 285 g/mol. The van der Waals surface area contributed by atoms with Gasteiger partial charge in [0.15, 0.2) is 0 Å². The molecule has 1 atom stereocenters. The van der Waals surface area contributed by atoms with Gasteiger partial charge in [0, 0.05) is 5.56 Å². The van der Waals surface area contributed by atoms with Gasteiger partial charge in [-0.3, -0.25) is 0 Å². The fourth-order valence-corrected chi connectivity index (χ4v) is 1.68. The van der Waals surface area contributed by atoms with Gasteiger partial charge in [-0.25, -0.2) is 0 Å². The van der Waals surface area contributed by atoms with Crippen molar-refractivity contribution < 1.29 is 29.7 Å². The smallest absolute Gasteiger partial charge is 0.108 e. The van der Waals surface area contributed by atoms with Crippen LogP contribution >= 0.6 is 0 Å². The van der Waals surface area contributed by atoms with E-state index in [2.05, 4.69) is 55.1 Å². The van der Waals surface area contributed by atoms with E-state index in [1.54, 1.807) is 0 Å². The first-order valence-corrected chi connectivity index (χ1v) is 4.60. The number of hydrogen-bond acceptors (Lipinski definition) is 0. The van der Waals surface area contributed by atoms with Crippen LogP contribution in [-0.4, -0.2) is 0 Å². The molecule has 0 amide bonds. The van der Waals surface area contributed by atoms with Gasteiger partial charge in [0.25, 0.3) is 0 Å². The Morgan fingerprint density at radius 3 is 2.36 bits per heavy atom. The number of fused-ring (bicyclic) bond motifs is 1. The van der Waals surface area contributed by atoms with Gasteiger partial charge >= 0.3 is 0 Å². The molecule has 2 aromatic rings. The average molecular weight is 299 g/mol. The predicted octanol–water partition coefficient (Wildman–Crippen LogP) is -0.853. The maximum atomic E-state index is 4.06. The van der Waals surface area contributed by atoms with Crippen LogP contribution < -0.4 is 29.7 Å². The fourth-order valence-electron chi connectivity index (χ4n) is 1.68. The largest absolute Gasteiger partial charge is 1.00 e. The number of rotatable bonds is 1. The van der Waals surface area contributed by atoms with Gasteiger partial charge < -0.3 is 29.7 Å². The Morgan fingerprint density at radius 2 is 1.64 bits per heavy atom. The normalized spacial score (nSPS) is 12.1. The molecule has 0 aliphatic carbocycles. The molecule has 0 spiro atoms. The SMILES string of the molecule is C[C@@H]([NH3+])c1cccc2ccccc12.[I-]. The van der Waals surface area contributed by atoms with Gasteiger partial charge in [-0.1, -0.05) is 42.5 Å². The summed E-state index contributed by atoms with van der Waals surface area (Å²) in [6.07, 6.45) is 0. The lowest BCUT2D eigenvalue weighted by molar-refractivity contribution is -0.420. The summed E-state index contributed by atoms with van der Waals surface area (Å²) < 4.78 is 0. The molecule has 0 radical (unpaired) electrons. The Hall–Kier alpha value is -0.610. The van der Waals surface area contributed by atoms with E-state index in [0.29, 0.717) is 6.04 Å². The lowest BCUT2D eigenvalue weighted by Gasteiger charge is -2.06. The van der Waals surface area contributed by atoms with Gasteiger partial charge in [-0.15, -0.1) is 0 Å². The summed E-state index contributed by atoms with van der Waals surface area (Å²) in [5, 5.41) is 2.63. The lowest BCUT2D eigenvalue weighted by atomic mass is 10.0. The van der Waals surface area contributed by atoms with Crippen LogP contribution in [0.15, 0.2) is 42.5 Å². The van der Waals surface area contributed by atoms with Crippen LogP contribution in [0.4, 0.5) is 0 Å². The summed E-state index contributed by atoms with van der Waals surface area (Å²) in [6.45, 7) is 2.13. The maximum absolute atomic E-state index is 4.06. The van der Waals surface area contributed by atoms with E-state index in [1.165, 1.54) is 16.3 Å². The fraction of sp³-hybridized carbons (Fsp3) is 0.167. The molecule has 0 unspecified atom stereocenters. The van der Waals surface area contributed by atoms with Crippen LogP contribution in [0.5, 0.6) is 0 Å². The third-order valence-corrected chi connectivity index (χ3v) is 2.35. The second-order valence-electron chi connectivity index (χ2n) is 3.47. The molecule has 2 rings (SSSR count). The molecule has 0 saturated carbocycles. The molecule has 0 saturated heterocycles. The lowest BCUT2D eigenvalue weighted by Crippen LogP contribution is -3.00. The Labute approximate surface area is 101 Å². The standard InChI is InChI=1S/C12H13N.HI/c1-9(13)11-8-4-6-10-5-2-3-7-12(10)11;/h2-9H,13H2,1H3;1H/t9-;/m1./s1. The van der Waals surface area contributed by atoms with Crippen molar-refractivity contribution in [2.45, 2.75) is 13.0 Å². The first-order valence-electron chi connectivity index (χ1n) is 4.60. The second kappa shape index (κ2) is 4.75. The maximum Gasteiger partial charge on any atom is 0.108 e. The molecular formula is C12H14IN. The molecule has 2 heteroatoms. The van der Waals surface area contributed by atoms with Crippen molar-refractivity contribution in [1.29, 1.82) is 0 Å². The summed E-state index contributed by atoms with van der Waals surface area (Å²) in [6, 6.07) is 15.2. The number of quaternary nitrogens is 1. The van der Waals surface area contributed by atoms with Crippen molar-refractivity contribution in [1.82, 2.24) is 0 Å². The van der Waals surface area contributed by atoms with Gasteiger partial charge in [-0.05, 0) is 17.7 Å². The molecule has 2 aromatic carbocycles. The third kappa shape index (κ3) is 2.07. The molecule has 0 bridgehead atoms.